The van der Waals surface area contributed by atoms with Crippen molar-refractivity contribution in [3.8, 4) is 0 Å². The van der Waals surface area contributed by atoms with Gasteiger partial charge in [0.15, 0.2) is 0 Å². The highest BCUT2D eigenvalue weighted by Crippen LogP contribution is 2.40. The van der Waals surface area contributed by atoms with E-state index in [9.17, 15) is 0 Å². The summed E-state index contributed by atoms with van der Waals surface area (Å²) in [6.07, 6.45) is 12.3. The van der Waals surface area contributed by atoms with Crippen LogP contribution in [0.25, 0.3) is 10.8 Å². The normalized spacial score (nSPS) is 15.1. The molecule has 142 valence electrons. The van der Waals surface area contributed by atoms with Gasteiger partial charge in [-0.05, 0) is 33.9 Å². The Labute approximate surface area is 162 Å². The molecule has 0 nitrogen and oxygen atoms in total. The third-order valence-corrected chi connectivity index (χ3v) is 3.99. The van der Waals surface area contributed by atoms with Crippen LogP contribution >= 0.6 is 0 Å². The van der Waals surface area contributed by atoms with Crippen molar-refractivity contribution >= 4 is 10.8 Å². The number of hydrogen-bond acceptors (Lipinski definition) is 0. The van der Waals surface area contributed by atoms with Crippen LogP contribution in [0.1, 0.15) is 72.4 Å². The molecule has 0 bridgehead atoms. The quantitative estimate of drug-likeness (QED) is 0.446. The minimum absolute atomic E-state index is 0.449. The minimum Gasteiger partial charge on any atom is -0.0760 e. The SMILES string of the molecule is C1=CC2=CCc3ccc4ccccc4c3C2C=C1.CC.CC.CC.CC. The summed E-state index contributed by atoms with van der Waals surface area (Å²) in [6.45, 7) is 16.0. The van der Waals surface area contributed by atoms with Gasteiger partial charge in [-0.25, -0.2) is 0 Å². The van der Waals surface area contributed by atoms with E-state index in [2.05, 4.69) is 66.8 Å². The summed E-state index contributed by atoms with van der Waals surface area (Å²) in [5.41, 5.74) is 4.43. The first-order chi connectivity index (χ1) is 12.9. The van der Waals surface area contributed by atoms with Gasteiger partial charge in [0, 0.05) is 5.92 Å². The first-order valence-corrected chi connectivity index (χ1v) is 10.5. The molecular weight excluding hydrogens is 312 g/mol. The lowest BCUT2D eigenvalue weighted by Crippen LogP contribution is -2.10. The molecule has 4 rings (SSSR count). The molecule has 0 saturated heterocycles. The lowest BCUT2D eigenvalue weighted by atomic mass is 9.78. The molecule has 2 aromatic carbocycles. The molecule has 0 fully saturated rings. The van der Waals surface area contributed by atoms with E-state index in [1.54, 1.807) is 0 Å². The maximum atomic E-state index is 2.36. The summed E-state index contributed by atoms with van der Waals surface area (Å²) in [4.78, 5) is 0. The van der Waals surface area contributed by atoms with Crippen molar-refractivity contribution in [2.24, 2.45) is 0 Å². The van der Waals surface area contributed by atoms with Crippen LogP contribution in [0.2, 0.25) is 0 Å². The Morgan fingerprint density at radius 1 is 0.731 bits per heavy atom. The fraction of sp³-hybridized carbons (Fsp3) is 0.385. The molecule has 2 aliphatic rings. The third-order valence-electron chi connectivity index (χ3n) is 3.99. The minimum atomic E-state index is 0.449. The molecule has 0 amide bonds. The van der Waals surface area contributed by atoms with E-state index in [1.165, 1.54) is 27.5 Å². The lowest BCUT2D eigenvalue weighted by Gasteiger charge is -2.26. The average Bonchev–Trinajstić information content (AvgIpc) is 2.79. The number of benzene rings is 2. The molecule has 0 radical (unpaired) electrons. The van der Waals surface area contributed by atoms with E-state index in [0.717, 1.165) is 6.42 Å². The molecule has 2 aliphatic carbocycles. The van der Waals surface area contributed by atoms with Gasteiger partial charge in [-0.3, -0.25) is 0 Å². The number of fused-ring (bicyclic) bond motifs is 5. The van der Waals surface area contributed by atoms with Gasteiger partial charge < -0.3 is 0 Å². The lowest BCUT2D eigenvalue weighted by molar-refractivity contribution is 0.949. The van der Waals surface area contributed by atoms with E-state index >= 15 is 0 Å². The summed E-state index contributed by atoms with van der Waals surface area (Å²) in [5.74, 6) is 0.449. The number of allylic oxidation sites excluding steroid dienone is 6. The van der Waals surface area contributed by atoms with E-state index in [0.29, 0.717) is 5.92 Å². The highest BCUT2D eigenvalue weighted by atomic mass is 14.3. The Morgan fingerprint density at radius 3 is 2.08 bits per heavy atom. The topological polar surface area (TPSA) is 0 Å². The standard InChI is InChI=1S/C18H14.4C2H6/c1-3-7-16-13(5-1)9-11-15-12-10-14-6-2-4-8-17(14)18(15)16;4*1-2/h1-11,17H,12H2;4*1-2H3. The van der Waals surface area contributed by atoms with Crippen molar-refractivity contribution in [2.45, 2.75) is 67.7 Å². The van der Waals surface area contributed by atoms with Crippen LogP contribution in [0.4, 0.5) is 0 Å². The molecular formula is C26H38. The zero-order valence-corrected chi connectivity index (χ0v) is 18.1. The second kappa shape index (κ2) is 14.1. The van der Waals surface area contributed by atoms with Crippen LogP contribution in [0.15, 0.2) is 72.4 Å². The maximum Gasteiger partial charge on any atom is 0.0278 e. The maximum absolute atomic E-state index is 2.36. The molecule has 0 aliphatic heterocycles. The molecule has 2 aromatic rings. The predicted molar refractivity (Wildman–Crippen MR) is 122 cm³/mol. The number of hydrogen-bond donors (Lipinski definition) is 0. The Balaban J connectivity index is 0.000000698. The Hall–Kier alpha value is -2.08. The highest BCUT2D eigenvalue weighted by molar-refractivity contribution is 5.88. The van der Waals surface area contributed by atoms with E-state index in [4.69, 9.17) is 0 Å². The molecule has 0 heteroatoms. The molecule has 0 aromatic heterocycles. The van der Waals surface area contributed by atoms with Gasteiger partial charge in [-0.15, -0.1) is 0 Å². The van der Waals surface area contributed by atoms with Crippen molar-refractivity contribution in [1.82, 2.24) is 0 Å². The summed E-state index contributed by atoms with van der Waals surface area (Å²) in [6, 6.07) is 13.2. The predicted octanol–water partition coefficient (Wildman–Crippen LogP) is 8.64. The molecule has 0 saturated carbocycles. The summed E-state index contributed by atoms with van der Waals surface area (Å²) in [5, 5.41) is 2.76. The van der Waals surface area contributed by atoms with Crippen molar-refractivity contribution in [2.75, 3.05) is 0 Å². The second-order valence-electron chi connectivity index (χ2n) is 4.99. The van der Waals surface area contributed by atoms with Crippen molar-refractivity contribution in [1.29, 1.82) is 0 Å². The van der Waals surface area contributed by atoms with Crippen molar-refractivity contribution in [3.05, 3.63) is 83.5 Å². The zero-order valence-electron chi connectivity index (χ0n) is 18.1. The van der Waals surface area contributed by atoms with Gasteiger partial charge in [0.05, 0.1) is 0 Å². The Morgan fingerprint density at radius 2 is 1.38 bits per heavy atom. The summed E-state index contributed by atoms with van der Waals surface area (Å²) in [7, 11) is 0. The third kappa shape index (κ3) is 5.46. The van der Waals surface area contributed by atoms with Gasteiger partial charge >= 0.3 is 0 Å². The molecule has 26 heavy (non-hydrogen) atoms. The summed E-state index contributed by atoms with van der Waals surface area (Å²) < 4.78 is 0. The van der Waals surface area contributed by atoms with Crippen molar-refractivity contribution in [3.63, 3.8) is 0 Å². The largest absolute Gasteiger partial charge is 0.0760 e. The van der Waals surface area contributed by atoms with Gasteiger partial charge in [0.25, 0.3) is 0 Å². The van der Waals surface area contributed by atoms with Crippen molar-refractivity contribution < 1.29 is 0 Å². The Kier molecular flexibility index (Phi) is 13.0. The van der Waals surface area contributed by atoms with Crippen LogP contribution in [-0.2, 0) is 6.42 Å². The fourth-order valence-electron chi connectivity index (χ4n) is 3.13. The van der Waals surface area contributed by atoms with Gasteiger partial charge in [-0.1, -0.05) is 122 Å². The fourth-order valence-corrected chi connectivity index (χ4v) is 3.13. The Bertz CT molecular complexity index is 714. The first kappa shape index (κ1) is 23.9. The van der Waals surface area contributed by atoms with E-state index in [1.807, 2.05) is 55.4 Å². The van der Waals surface area contributed by atoms with E-state index in [-0.39, 0.29) is 0 Å². The van der Waals surface area contributed by atoms with Crippen LogP contribution < -0.4 is 0 Å². The smallest absolute Gasteiger partial charge is 0.0278 e. The van der Waals surface area contributed by atoms with Crippen LogP contribution in [0, 0.1) is 0 Å². The molecule has 0 spiro atoms. The average molecular weight is 351 g/mol. The second-order valence-corrected chi connectivity index (χ2v) is 4.99. The molecule has 1 unspecified atom stereocenters. The molecule has 1 atom stereocenters. The van der Waals surface area contributed by atoms with Crippen LogP contribution in [-0.4, -0.2) is 0 Å². The molecule has 0 N–H and O–H groups in total. The van der Waals surface area contributed by atoms with E-state index < -0.39 is 0 Å². The van der Waals surface area contributed by atoms with Gasteiger partial charge in [-0.2, -0.15) is 0 Å². The molecule has 0 heterocycles. The highest BCUT2D eigenvalue weighted by Gasteiger charge is 2.22. The first-order valence-electron chi connectivity index (χ1n) is 10.5. The monoisotopic (exact) mass is 350 g/mol. The summed E-state index contributed by atoms with van der Waals surface area (Å²) >= 11 is 0. The number of rotatable bonds is 0. The van der Waals surface area contributed by atoms with Gasteiger partial charge in [0.2, 0.25) is 0 Å². The zero-order chi connectivity index (χ0) is 19.9. The van der Waals surface area contributed by atoms with Gasteiger partial charge in [0.1, 0.15) is 0 Å². The van der Waals surface area contributed by atoms with Crippen LogP contribution in [0.5, 0.6) is 0 Å². The van der Waals surface area contributed by atoms with Crippen LogP contribution in [0.3, 0.4) is 0 Å².